The molecule has 0 bridgehead atoms. The van der Waals surface area contributed by atoms with Crippen molar-refractivity contribution in [1.82, 2.24) is 24.8 Å². The Bertz CT molecular complexity index is 787. The minimum Gasteiger partial charge on any atom is -0.347 e. The Hall–Kier alpha value is -2.73. The molecule has 1 fully saturated rings. The molecule has 1 saturated heterocycles. The van der Waals surface area contributed by atoms with Gasteiger partial charge in [-0.3, -0.25) is 4.90 Å². The topological polar surface area (TPSA) is 69.7 Å². The molecule has 0 radical (unpaired) electrons. The maximum absolute atomic E-state index is 4.43. The van der Waals surface area contributed by atoms with E-state index in [1.807, 2.05) is 30.6 Å². The average Bonchev–Trinajstić information content (AvgIpc) is 3.16. The number of nitrogens with one attached hydrogen (secondary N) is 2. The van der Waals surface area contributed by atoms with Crippen LogP contribution in [-0.2, 0) is 6.54 Å². The molecule has 6 heteroatoms. The molecule has 0 saturated carbocycles. The summed E-state index contributed by atoms with van der Waals surface area (Å²) in [5, 5.41) is 3.28. The van der Waals surface area contributed by atoms with Crippen LogP contribution in [0.2, 0.25) is 0 Å². The number of nitrogens with zero attached hydrogens (tertiary/aromatic N) is 4. The first-order valence-electron chi connectivity index (χ1n) is 8.70. The van der Waals surface area contributed by atoms with Crippen molar-refractivity contribution in [3.8, 4) is 0 Å². The summed E-state index contributed by atoms with van der Waals surface area (Å²) in [5.41, 5.74) is 2.51. The third kappa shape index (κ3) is 4.03. The van der Waals surface area contributed by atoms with Gasteiger partial charge in [0.2, 0.25) is 0 Å². The van der Waals surface area contributed by atoms with E-state index in [1.54, 1.807) is 12.5 Å². The quantitative estimate of drug-likeness (QED) is 0.749. The smallest absolute Gasteiger partial charge is 0.131 e. The number of likely N-dealkylation sites (tertiary alicyclic amines) is 1. The van der Waals surface area contributed by atoms with Gasteiger partial charge in [0.15, 0.2) is 0 Å². The summed E-state index contributed by atoms with van der Waals surface area (Å²) in [6, 6.07) is 10.1. The van der Waals surface area contributed by atoms with E-state index < -0.39 is 0 Å². The Morgan fingerprint density at radius 1 is 1.16 bits per heavy atom. The summed E-state index contributed by atoms with van der Waals surface area (Å²) in [4.78, 5) is 18.5. The summed E-state index contributed by atoms with van der Waals surface area (Å²) in [6.07, 6.45) is 9.74. The van der Waals surface area contributed by atoms with Crippen molar-refractivity contribution in [3.63, 3.8) is 0 Å². The van der Waals surface area contributed by atoms with Crippen LogP contribution in [0, 0.1) is 0 Å². The summed E-state index contributed by atoms with van der Waals surface area (Å²) in [7, 11) is 0. The summed E-state index contributed by atoms with van der Waals surface area (Å²) in [5.74, 6) is 2.20. The van der Waals surface area contributed by atoms with Gasteiger partial charge in [-0.1, -0.05) is 6.07 Å². The van der Waals surface area contributed by atoms with Crippen molar-refractivity contribution in [1.29, 1.82) is 0 Å². The molecule has 1 aliphatic rings. The number of aromatic nitrogens is 4. The fourth-order valence-corrected chi connectivity index (χ4v) is 3.42. The van der Waals surface area contributed by atoms with E-state index in [2.05, 4.69) is 42.3 Å². The van der Waals surface area contributed by atoms with Crippen molar-refractivity contribution in [2.24, 2.45) is 0 Å². The van der Waals surface area contributed by atoms with Crippen LogP contribution < -0.4 is 5.32 Å². The van der Waals surface area contributed by atoms with Crippen molar-refractivity contribution < 1.29 is 0 Å². The van der Waals surface area contributed by atoms with Gasteiger partial charge in [0.1, 0.15) is 11.6 Å². The van der Waals surface area contributed by atoms with Gasteiger partial charge in [0.25, 0.3) is 0 Å². The lowest BCUT2D eigenvalue weighted by molar-refractivity contribution is 0.198. The molecule has 4 rings (SSSR count). The van der Waals surface area contributed by atoms with E-state index >= 15 is 0 Å². The van der Waals surface area contributed by atoms with E-state index in [0.717, 1.165) is 31.3 Å². The molecule has 128 valence electrons. The second-order valence-electron chi connectivity index (χ2n) is 6.47. The molecule has 0 unspecified atom stereocenters. The highest BCUT2D eigenvalue weighted by molar-refractivity contribution is 5.52. The van der Waals surface area contributed by atoms with Crippen LogP contribution in [0.1, 0.15) is 30.0 Å². The number of hydrogen-bond acceptors (Lipinski definition) is 5. The van der Waals surface area contributed by atoms with Gasteiger partial charge >= 0.3 is 0 Å². The molecule has 0 spiro atoms. The first-order chi connectivity index (χ1) is 12.4. The fraction of sp³-hybridized carbons (Fsp3) is 0.316. The Morgan fingerprint density at radius 3 is 2.96 bits per heavy atom. The maximum Gasteiger partial charge on any atom is 0.131 e. The number of piperidine rings is 1. The molecule has 3 aromatic heterocycles. The zero-order valence-electron chi connectivity index (χ0n) is 14.1. The van der Waals surface area contributed by atoms with E-state index in [1.165, 1.54) is 24.1 Å². The predicted octanol–water partition coefficient (Wildman–Crippen LogP) is 3.32. The van der Waals surface area contributed by atoms with Crippen molar-refractivity contribution in [3.05, 3.63) is 66.5 Å². The average molecular weight is 334 g/mol. The predicted molar refractivity (Wildman–Crippen MR) is 97.6 cm³/mol. The van der Waals surface area contributed by atoms with Crippen molar-refractivity contribution >= 4 is 11.6 Å². The van der Waals surface area contributed by atoms with Crippen LogP contribution in [0.3, 0.4) is 0 Å². The van der Waals surface area contributed by atoms with Gasteiger partial charge in [0.05, 0.1) is 6.33 Å². The lowest BCUT2D eigenvalue weighted by Gasteiger charge is -2.32. The zero-order chi connectivity index (χ0) is 16.9. The molecule has 0 aromatic carbocycles. The maximum atomic E-state index is 4.43. The molecule has 4 heterocycles. The normalized spacial score (nSPS) is 18.2. The van der Waals surface area contributed by atoms with E-state index in [0.29, 0.717) is 5.92 Å². The SMILES string of the molecule is c1ccc(Nc2cc([C@H]3CCCN(Cc4cnc[nH]4)C3)ccn2)nc1. The largest absolute Gasteiger partial charge is 0.347 e. The highest BCUT2D eigenvalue weighted by Gasteiger charge is 2.22. The monoisotopic (exact) mass is 334 g/mol. The van der Waals surface area contributed by atoms with E-state index in [9.17, 15) is 0 Å². The number of rotatable bonds is 5. The molecule has 1 aliphatic heterocycles. The van der Waals surface area contributed by atoms with Gasteiger partial charge in [-0.05, 0) is 55.1 Å². The van der Waals surface area contributed by atoms with Gasteiger partial charge in [-0.2, -0.15) is 0 Å². The number of pyridine rings is 2. The van der Waals surface area contributed by atoms with E-state index in [4.69, 9.17) is 0 Å². The first-order valence-corrected chi connectivity index (χ1v) is 8.70. The minimum absolute atomic E-state index is 0.531. The number of imidazole rings is 1. The zero-order valence-corrected chi connectivity index (χ0v) is 14.1. The Kier molecular flexibility index (Phi) is 4.70. The number of H-pyrrole nitrogens is 1. The number of hydrogen-bond donors (Lipinski definition) is 2. The van der Waals surface area contributed by atoms with Crippen LogP contribution in [0.15, 0.2) is 55.2 Å². The molecule has 1 atom stereocenters. The van der Waals surface area contributed by atoms with Gasteiger partial charge in [-0.15, -0.1) is 0 Å². The first kappa shape index (κ1) is 15.8. The summed E-state index contributed by atoms with van der Waals surface area (Å²) in [6.45, 7) is 3.13. The number of anilines is 2. The van der Waals surface area contributed by atoms with Gasteiger partial charge in [0, 0.05) is 37.4 Å². The van der Waals surface area contributed by atoms with Crippen molar-refractivity contribution in [2.75, 3.05) is 18.4 Å². The molecular weight excluding hydrogens is 312 g/mol. The van der Waals surface area contributed by atoms with Gasteiger partial charge in [-0.25, -0.2) is 15.0 Å². The number of aromatic amines is 1. The van der Waals surface area contributed by atoms with Crippen LogP contribution in [0.5, 0.6) is 0 Å². The lowest BCUT2D eigenvalue weighted by atomic mass is 9.91. The van der Waals surface area contributed by atoms with Gasteiger partial charge < -0.3 is 10.3 Å². The Balaban J connectivity index is 1.44. The standard InChI is InChI=1S/C19H22N6/c1-2-7-21-18(5-1)24-19-10-15(6-8-22-19)16-4-3-9-25(12-16)13-17-11-20-14-23-17/h1-2,5-8,10-11,14,16H,3-4,9,12-13H2,(H,20,23)(H,21,22,24)/t16-/m0/s1. The molecular formula is C19H22N6. The Morgan fingerprint density at radius 2 is 2.12 bits per heavy atom. The highest BCUT2D eigenvalue weighted by atomic mass is 15.1. The van der Waals surface area contributed by atoms with Crippen LogP contribution >= 0.6 is 0 Å². The molecule has 0 aliphatic carbocycles. The fourth-order valence-electron chi connectivity index (χ4n) is 3.42. The Labute approximate surface area is 147 Å². The molecule has 6 nitrogen and oxygen atoms in total. The highest BCUT2D eigenvalue weighted by Crippen LogP contribution is 2.28. The minimum atomic E-state index is 0.531. The molecule has 2 N–H and O–H groups in total. The van der Waals surface area contributed by atoms with Crippen molar-refractivity contribution in [2.45, 2.75) is 25.3 Å². The third-order valence-electron chi connectivity index (χ3n) is 4.63. The molecule has 25 heavy (non-hydrogen) atoms. The second kappa shape index (κ2) is 7.44. The van der Waals surface area contributed by atoms with Crippen LogP contribution in [-0.4, -0.2) is 37.9 Å². The molecule has 0 amide bonds. The lowest BCUT2D eigenvalue weighted by Crippen LogP contribution is -2.34. The van der Waals surface area contributed by atoms with E-state index in [-0.39, 0.29) is 0 Å². The third-order valence-corrected chi connectivity index (χ3v) is 4.63. The van der Waals surface area contributed by atoms with Crippen LogP contribution in [0.25, 0.3) is 0 Å². The van der Waals surface area contributed by atoms with Crippen LogP contribution in [0.4, 0.5) is 11.6 Å². The molecule has 3 aromatic rings. The second-order valence-corrected chi connectivity index (χ2v) is 6.47. The summed E-state index contributed by atoms with van der Waals surface area (Å²) < 4.78 is 0. The summed E-state index contributed by atoms with van der Waals surface area (Å²) >= 11 is 0.